The number of anilines is 1. The van der Waals surface area contributed by atoms with Crippen LogP contribution in [0, 0.1) is 6.92 Å². The highest BCUT2D eigenvalue weighted by Gasteiger charge is 2.18. The summed E-state index contributed by atoms with van der Waals surface area (Å²) >= 11 is 0. The number of fused-ring (bicyclic) bond motifs is 1. The number of benzene rings is 1. The lowest BCUT2D eigenvalue weighted by Crippen LogP contribution is -2.13. The average molecular weight is 386 g/mol. The van der Waals surface area contributed by atoms with Gasteiger partial charge in [0.15, 0.2) is 11.5 Å². The molecular weight excluding hydrogens is 372 g/mol. The molecule has 0 bridgehead atoms. The number of rotatable bonds is 4. The van der Waals surface area contributed by atoms with Crippen LogP contribution >= 0.6 is 0 Å². The Balaban J connectivity index is 1.52. The molecule has 4 aromatic heterocycles. The number of furan rings is 2. The first kappa shape index (κ1) is 16.9. The van der Waals surface area contributed by atoms with Crippen molar-refractivity contribution < 1.29 is 18.0 Å². The van der Waals surface area contributed by atoms with Gasteiger partial charge in [-0.2, -0.15) is 0 Å². The first-order chi connectivity index (χ1) is 14.2. The van der Waals surface area contributed by atoms with Gasteiger partial charge in [-0.3, -0.25) is 10.1 Å². The van der Waals surface area contributed by atoms with Crippen LogP contribution in [0.2, 0.25) is 0 Å². The van der Waals surface area contributed by atoms with Crippen molar-refractivity contribution in [3.63, 3.8) is 0 Å². The van der Waals surface area contributed by atoms with Gasteiger partial charge in [-0.25, -0.2) is 4.98 Å². The first-order valence-corrected chi connectivity index (χ1v) is 8.83. The molecule has 0 atom stereocenters. The van der Waals surface area contributed by atoms with E-state index in [0.717, 1.165) is 5.76 Å². The molecule has 0 aliphatic heterocycles. The van der Waals surface area contributed by atoms with Crippen molar-refractivity contribution in [2.45, 2.75) is 6.92 Å². The average Bonchev–Trinajstić information content (AvgIpc) is 3.48. The van der Waals surface area contributed by atoms with Crippen LogP contribution in [0.3, 0.4) is 0 Å². The Morgan fingerprint density at radius 3 is 2.66 bits per heavy atom. The molecule has 0 aliphatic rings. The number of hydrogen-bond acceptors (Lipinski definition) is 7. The monoisotopic (exact) mass is 386 g/mol. The Bertz CT molecular complexity index is 1320. The number of aryl methyl sites for hydroxylation is 1. The van der Waals surface area contributed by atoms with Crippen molar-refractivity contribution in [3.8, 4) is 23.1 Å². The van der Waals surface area contributed by atoms with Gasteiger partial charge in [0.1, 0.15) is 11.5 Å². The number of aromatic nitrogens is 3. The zero-order valence-electron chi connectivity index (χ0n) is 15.2. The first-order valence-electron chi connectivity index (χ1n) is 8.83. The van der Waals surface area contributed by atoms with E-state index >= 15 is 0 Å². The maximum atomic E-state index is 13.0. The largest absolute Gasteiger partial charge is 0.460 e. The Kier molecular flexibility index (Phi) is 3.94. The van der Waals surface area contributed by atoms with Gasteiger partial charge in [-0.15, -0.1) is 5.10 Å². The summed E-state index contributed by atoms with van der Waals surface area (Å²) in [6.45, 7) is 1.85. The molecule has 0 saturated heterocycles. The van der Waals surface area contributed by atoms with Crippen molar-refractivity contribution >= 4 is 22.8 Å². The van der Waals surface area contributed by atoms with Crippen LogP contribution in [0.1, 0.15) is 16.1 Å². The van der Waals surface area contributed by atoms with E-state index < -0.39 is 5.91 Å². The van der Waals surface area contributed by atoms with E-state index in [4.69, 9.17) is 13.3 Å². The maximum absolute atomic E-state index is 13.0. The summed E-state index contributed by atoms with van der Waals surface area (Å²) in [5.74, 6) is 1.54. The predicted molar refractivity (Wildman–Crippen MR) is 104 cm³/mol. The molecule has 0 spiro atoms. The molecule has 0 aliphatic carbocycles. The molecule has 1 N–H and O–H groups in total. The number of para-hydroxylation sites is 1. The zero-order valence-corrected chi connectivity index (χ0v) is 15.2. The molecular formula is C21H14N4O4. The van der Waals surface area contributed by atoms with Gasteiger partial charge in [0.05, 0.1) is 17.3 Å². The van der Waals surface area contributed by atoms with E-state index in [9.17, 15) is 4.79 Å². The van der Waals surface area contributed by atoms with Gasteiger partial charge in [-0.1, -0.05) is 23.3 Å². The number of carbonyl (C=O) groups excluding carboxylic acids is 1. The normalized spacial score (nSPS) is 11.1. The highest BCUT2D eigenvalue weighted by Crippen LogP contribution is 2.27. The third kappa shape index (κ3) is 3.16. The molecule has 142 valence electrons. The lowest BCUT2D eigenvalue weighted by molar-refractivity contribution is 0.102. The molecule has 0 fully saturated rings. The molecule has 0 saturated carbocycles. The Hall–Kier alpha value is -4.20. The van der Waals surface area contributed by atoms with Gasteiger partial charge in [0.25, 0.3) is 11.8 Å². The molecule has 1 aromatic carbocycles. The van der Waals surface area contributed by atoms with Gasteiger partial charge < -0.3 is 13.3 Å². The van der Waals surface area contributed by atoms with E-state index in [2.05, 4.69) is 20.5 Å². The van der Waals surface area contributed by atoms with Gasteiger partial charge >= 0.3 is 6.01 Å². The standard InChI is InChI=1S/C21H14N4O4/c1-12-8-9-17(28-12)16-11-14(13-5-2-3-6-15(13)22-16)19(26)23-21-25-24-20(29-21)18-7-4-10-27-18/h2-11H,1H3,(H,23,25,26). The minimum absolute atomic E-state index is 0.0299. The molecule has 8 nitrogen and oxygen atoms in total. The fraction of sp³-hybridized carbons (Fsp3) is 0.0476. The van der Waals surface area contributed by atoms with Gasteiger partial charge in [0.2, 0.25) is 0 Å². The number of nitrogens with one attached hydrogen (secondary N) is 1. The maximum Gasteiger partial charge on any atom is 0.322 e. The van der Waals surface area contributed by atoms with E-state index in [0.29, 0.717) is 33.7 Å². The van der Waals surface area contributed by atoms with Crippen LogP contribution in [0.4, 0.5) is 6.01 Å². The fourth-order valence-corrected chi connectivity index (χ4v) is 3.00. The minimum atomic E-state index is -0.400. The third-order valence-corrected chi connectivity index (χ3v) is 4.33. The number of amides is 1. The highest BCUT2D eigenvalue weighted by molar-refractivity contribution is 6.12. The van der Waals surface area contributed by atoms with Gasteiger partial charge in [0, 0.05) is 5.39 Å². The van der Waals surface area contributed by atoms with Crippen molar-refractivity contribution in [2.24, 2.45) is 0 Å². The summed E-state index contributed by atoms with van der Waals surface area (Å²) in [5.41, 5.74) is 1.65. The second-order valence-corrected chi connectivity index (χ2v) is 6.33. The van der Waals surface area contributed by atoms with Crippen LogP contribution in [0.25, 0.3) is 34.0 Å². The summed E-state index contributed by atoms with van der Waals surface area (Å²) in [6, 6.07) is 16.1. The fourth-order valence-electron chi connectivity index (χ4n) is 3.00. The molecule has 4 heterocycles. The molecule has 29 heavy (non-hydrogen) atoms. The molecule has 0 unspecified atom stereocenters. The third-order valence-electron chi connectivity index (χ3n) is 4.33. The minimum Gasteiger partial charge on any atom is -0.460 e. The summed E-state index contributed by atoms with van der Waals surface area (Å²) < 4.78 is 16.4. The predicted octanol–water partition coefficient (Wildman–Crippen LogP) is 4.70. The summed E-state index contributed by atoms with van der Waals surface area (Å²) in [7, 11) is 0. The molecule has 5 rings (SSSR count). The van der Waals surface area contributed by atoms with Crippen LogP contribution in [-0.4, -0.2) is 21.1 Å². The second kappa shape index (κ2) is 6.75. The summed E-state index contributed by atoms with van der Waals surface area (Å²) in [4.78, 5) is 17.6. The Morgan fingerprint density at radius 2 is 1.86 bits per heavy atom. The van der Waals surface area contributed by atoms with E-state index in [1.165, 1.54) is 6.26 Å². The molecule has 8 heteroatoms. The van der Waals surface area contributed by atoms with E-state index in [-0.39, 0.29) is 11.9 Å². The quantitative estimate of drug-likeness (QED) is 0.477. The van der Waals surface area contributed by atoms with Crippen LogP contribution in [0.15, 0.2) is 74.1 Å². The number of carbonyl (C=O) groups is 1. The topological polar surface area (TPSA) is 107 Å². The van der Waals surface area contributed by atoms with Crippen molar-refractivity contribution in [1.29, 1.82) is 0 Å². The molecule has 1 amide bonds. The molecule has 5 aromatic rings. The van der Waals surface area contributed by atoms with Crippen molar-refractivity contribution in [1.82, 2.24) is 15.2 Å². The lowest BCUT2D eigenvalue weighted by atomic mass is 10.1. The lowest BCUT2D eigenvalue weighted by Gasteiger charge is -2.08. The summed E-state index contributed by atoms with van der Waals surface area (Å²) in [5, 5.41) is 11.1. The van der Waals surface area contributed by atoms with Crippen LogP contribution in [-0.2, 0) is 0 Å². The Labute approximate surface area is 164 Å². The number of hydrogen-bond donors (Lipinski definition) is 1. The molecule has 0 radical (unpaired) electrons. The zero-order chi connectivity index (χ0) is 19.8. The second-order valence-electron chi connectivity index (χ2n) is 6.33. The van der Waals surface area contributed by atoms with E-state index in [1.54, 1.807) is 18.2 Å². The van der Waals surface area contributed by atoms with Crippen molar-refractivity contribution in [3.05, 3.63) is 72.2 Å². The van der Waals surface area contributed by atoms with Gasteiger partial charge in [-0.05, 0) is 43.3 Å². The number of nitrogens with zero attached hydrogens (tertiary/aromatic N) is 3. The number of pyridine rings is 1. The SMILES string of the molecule is Cc1ccc(-c2cc(C(=O)Nc3nnc(-c4ccco4)o3)c3ccccc3n2)o1. The smallest absolute Gasteiger partial charge is 0.322 e. The highest BCUT2D eigenvalue weighted by atomic mass is 16.4. The van der Waals surface area contributed by atoms with Crippen molar-refractivity contribution in [2.75, 3.05) is 5.32 Å². The Morgan fingerprint density at radius 1 is 0.966 bits per heavy atom. The van der Waals surface area contributed by atoms with Crippen LogP contribution < -0.4 is 5.32 Å². The van der Waals surface area contributed by atoms with Crippen LogP contribution in [0.5, 0.6) is 0 Å². The van der Waals surface area contributed by atoms with E-state index in [1.807, 2.05) is 43.3 Å². The summed E-state index contributed by atoms with van der Waals surface area (Å²) in [6.07, 6.45) is 1.50.